The van der Waals surface area contributed by atoms with Crippen molar-refractivity contribution < 1.29 is 4.79 Å². The number of hydrogen-bond donors (Lipinski definition) is 0. The SMILES string of the molecule is CC(=O)c1ccc2c(Cl)ccnc2n1. The number of ketones is 1. The maximum atomic E-state index is 11.1. The zero-order valence-corrected chi connectivity index (χ0v) is 8.25. The molecule has 0 aromatic carbocycles. The summed E-state index contributed by atoms with van der Waals surface area (Å²) in [6.07, 6.45) is 1.57. The van der Waals surface area contributed by atoms with Gasteiger partial charge in [-0.25, -0.2) is 9.97 Å². The molecule has 0 unspecified atom stereocenters. The number of carbonyl (C=O) groups excluding carboxylic acids is 1. The Balaban J connectivity index is 2.73. The minimum atomic E-state index is -0.0753. The van der Waals surface area contributed by atoms with E-state index in [-0.39, 0.29) is 5.78 Å². The van der Waals surface area contributed by atoms with Crippen molar-refractivity contribution in [2.75, 3.05) is 0 Å². The number of hydrogen-bond acceptors (Lipinski definition) is 3. The van der Waals surface area contributed by atoms with Crippen LogP contribution in [0.5, 0.6) is 0 Å². The van der Waals surface area contributed by atoms with Gasteiger partial charge in [0.25, 0.3) is 0 Å². The fraction of sp³-hybridized carbons (Fsp3) is 0.100. The van der Waals surface area contributed by atoms with Gasteiger partial charge in [0.1, 0.15) is 5.69 Å². The van der Waals surface area contributed by atoms with Crippen molar-refractivity contribution in [1.29, 1.82) is 0 Å². The molecule has 2 heterocycles. The summed E-state index contributed by atoms with van der Waals surface area (Å²) in [5, 5.41) is 1.36. The predicted molar refractivity (Wildman–Crippen MR) is 54.6 cm³/mol. The second-order valence-corrected chi connectivity index (χ2v) is 3.32. The van der Waals surface area contributed by atoms with Crippen LogP contribution in [0.25, 0.3) is 11.0 Å². The van der Waals surface area contributed by atoms with E-state index in [1.54, 1.807) is 24.4 Å². The largest absolute Gasteiger partial charge is 0.293 e. The van der Waals surface area contributed by atoms with E-state index in [2.05, 4.69) is 9.97 Å². The van der Waals surface area contributed by atoms with Crippen LogP contribution in [0.15, 0.2) is 24.4 Å². The van der Waals surface area contributed by atoms with Crippen molar-refractivity contribution in [3.8, 4) is 0 Å². The Bertz CT molecular complexity index is 510. The van der Waals surface area contributed by atoms with Gasteiger partial charge in [0.2, 0.25) is 0 Å². The number of aromatic nitrogens is 2. The minimum absolute atomic E-state index is 0.0753. The molecule has 2 aromatic rings. The molecule has 0 amide bonds. The predicted octanol–water partition coefficient (Wildman–Crippen LogP) is 2.49. The van der Waals surface area contributed by atoms with Crippen molar-refractivity contribution in [1.82, 2.24) is 9.97 Å². The monoisotopic (exact) mass is 206 g/mol. The first-order chi connectivity index (χ1) is 6.68. The van der Waals surface area contributed by atoms with Gasteiger partial charge in [-0.3, -0.25) is 4.79 Å². The summed E-state index contributed by atoms with van der Waals surface area (Å²) >= 11 is 5.92. The molecule has 0 bridgehead atoms. The Kier molecular flexibility index (Phi) is 2.17. The summed E-state index contributed by atoms with van der Waals surface area (Å²) in [4.78, 5) is 19.2. The molecular weight excluding hydrogens is 200 g/mol. The topological polar surface area (TPSA) is 42.9 Å². The average Bonchev–Trinajstić information content (AvgIpc) is 2.17. The Morgan fingerprint density at radius 3 is 2.86 bits per heavy atom. The van der Waals surface area contributed by atoms with Gasteiger partial charge in [-0.1, -0.05) is 11.6 Å². The molecule has 0 saturated carbocycles. The Labute approximate surface area is 85.7 Å². The maximum Gasteiger partial charge on any atom is 0.178 e. The Hall–Kier alpha value is -1.48. The number of halogens is 1. The normalized spacial score (nSPS) is 10.4. The highest BCUT2D eigenvalue weighted by atomic mass is 35.5. The molecule has 2 aromatic heterocycles. The summed E-state index contributed by atoms with van der Waals surface area (Å²) in [5.74, 6) is -0.0753. The quantitative estimate of drug-likeness (QED) is 0.674. The zero-order chi connectivity index (χ0) is 10.1. The first-order valence-corrected chi connectivity index (χ1v) is 4.48. The van der Waals surface area contributed by atoms with E-state index in [0.717, 1.165) is 5.39 Å². The molecular formula is C10H7ClN2O. The molecule has 0 aliphatic carbocycles. The smallest absolute Gasteiger partial charge is 0.178 e. The summed E-state index contributed by atoms with van der Waals surface area (Å²) in [5.41, 5.74) is 0.914. The number of fused-ring (bicyclic) bond motifs is 1. The number of rotatable bonds is 1. The molecule has 0 spiro atoms. The molecule has 0 saturated heterocycles. The Morgan fingerprint density at radius 2 is 2.14 bits per heavy atom. The molecule has 0 aliphatic heterocycles. The first kappa shape index (κ1) is 9.09. The third-order valence-electron chi connectivity index (χ3n) is 1.91. The van der Waals surface area contributed by atoms with Crippen molar-refractivity contribution >= 4 is 28.4 Å². The highest BCUT2D eigenvalue weighted by molar-refractivity contribution is 6.35. The van der Waals surface area contributed by atoms with Crippen molar-refractivity contribution in [3.63, 3.8) is 0 Å². The standard InChI is InChI=1S/C10H7ClN2O/c1-6(14)9-3-2-7-8(11)4-5-12-10(7)13-9/h2-5H,1H3. The fourth-order valence-electron chi connectivity index (χ4n) is 1.19. The second-order valence-electron chi connectivity index (χ2n) is 2.92. The van der Waals surface area contributed by atoms with Crippen molar-refractivity contribution in [2.24, 2.45) is 0 Å². The molecule has 4 heteroatoms. The number of nitrogens with zero attached hydrogens (tertiary/aromatic N) is 2. The average molecular weight is 207 g/mol. The molecule has 0 N–H and O–H groups in total. The van der Waals surface area contributed by atoms with Gasteiger partial charge in [-0.05, 0) is 18.2 Å². The zero-order valence-electron chi connectivity index (χ0n) is 7.49. The van der Waals surface area contributed by atoms with Crippen LogP contribution in [0, 0.1) is 0 Å². The van der Waals surface area contributed by atoms with E-state index in [0.29, 0.717) is 16.4 Å². The molecule has 0 atom stereocenters. The fourth-order valence-corrected chi connectivity index (χ4v) is 1.40. The van der Waals surface area contributed by atoms with Gasteiger partial charge in [0, 0.05) is 18.5 Å². The van der Waals surface area contributed by atoms with E-state index in [1.165, 1.54) is 6.92 Å². The number of Topliss-reactive ketones (excluding diaryl/α,β-unsaturated/α-hetero) is 1. The van der Waals surface area contributed by atoms with Gasteiger partial charge in [0.05, 0.1) is 5.02 Å². The number of pyridine rings is 2. The van der Waals surface area contributed by atoms with Gasteiger partial charge in [0.15, 0.2) is 11.4 Å². The van der Waals surface area contributed by atoms with E-state index in [1.807, 2.05) is 0 Å². The minimum Gasteiger partial charge on any atom is -0.293 e. The lowest BCUT2D eigenvalue weighted by atomic mass is 10.2. The van der Waals surface area contributed by atoms with Crippen LogP contribution in [0.2, 0.25) is 5.02 Å². The van der Waals surface area contributed by atoms with Crippen LogP contribution in [-0.4, -0.2) is 15.8 Å². The lowest BCUT2D eigenvalue weighted by Crippen LogP contribution is -1.97. The van der Waals surface area contributed by atoms with Crippen LogP contribution in [0.3, 0.4) is 0 Å². The van der Waals surface area contributed by atoms with Gasteiger partial charge in [-0.15, -0.1) is 0 Å². The summed E-state index contributed by atoms with van der Waals surface area (Å²) < 4.78 is 0. The van der Waals surface area contributed by atoms with Crippen molar-refractivity contribution in [2.45, 2.75) is 6.92 Å². The highest BCUT2D eigenvalue weighted by Crippen LogP contribution is 2.19. The van der Waals surface area contributed by atoms with E-state index >= 15 is 0 Å². The van der Waals surface area contributed by atoms with Gasteiger partial charge >= 0.3 is 0 Å². The molecule has 0 radical (unpaired) electrons. The molecule has 3 nitrogen and oxygen atoms in total. The molecule has 2 rings (SSSR count). The van der Waals surface area contributed by atoms with Crippen LogP contribution in [0.4, 0.5) is 0 Å². The summed E-state index contributed by atoms with van der Waals surface area (Å²) in [6.45, 7) is 1.47. The summed E-state index contributed by atoms with van der Waals surface area (Å²) in [6, 6.07) is 5.10. The van der Waals surface area contributed by atoms with Crippen LogP contribution >= 0.6 is 11.6 Å². The van der Waals surface area contributed by atoms with E-state index < -0.39 is 0 Å². The van der Waals surface area contributed by atoms with Crippen LogP contribution in [0.1, 0.15) is 17.4 Å². The lowest BCUT2D eigenvalue weighted by molar-refractivity contribution is 0.101. The Morgan fingerprint density at radius 1 is 1.36 bits per heavy atom. The van der Waals surface area contributed by atoms with Crippen LogP contribution in [-0.2, 0) is 0 Å². The second kappa shape index (κ2) is 3.35. The van der Waals surface area contributed by atoms with Gasteiger partial charge < -0.3 is 0 Å². The third kappa shape index (κ3) is 1.46. The van der Waals surface area contributed by atoms with E-state index in [4.69, 9.17) is 11.6 Å². The molecule has 0 fully saturated rings. The van der Waals surface area contributed by atoms with Crippen LogP contribution < -0.4 is 0 Å². The number of carbonyl (C=O) groups is 1. The third-order valence-corrected chi connectivity index (χ3v) is 2.24. The molecule has 14 heavy (non-hydrogen) atoms. The van der Waals surface area contributed by atoms with Crippen molar-refractivity contribution in [3.05, 3.63) is 35.1 Å². The van der Waals surface area contributed by atoms with Gasteiger partial charge in [-0.2, -0.15) is 0 Å². The highest BCUT2D eigenvalue weighted by Gasteiger charge is 2.05. The molecule has 0 aliphatic rings. The lowest BCUT2D eigenvalue weighted by Gasteiger charge is -1.99. The first-order valence-electron chi connectivity index (χ1n) is 4.10. The maximum absolute atomic E-state index is 11.1. The van der Waals surface area contributed by atoms with E-state index in [9.17, 15) is 4.79 Å². The molecule has 70 valence electrons. The summed E-state index contributed by atoms with van der Waals surface area (Å²) in [7, 11) is 0.